The summed E-state index contributed by atoms with van der Waals surface area (Å²) in [6.07, 6.45) is 2.54. The van der Waals surface area contributed by atoms with E-state index in [1.807, 2.05) is 12.1 Å². The molecule has 1 saturated carbocycles. The number of amides is 1. The van der Waals surface area contributed by atoms with E-state index in [1.165, 1.54) is 24.2 Å². The summed E-state index contributed by atoms with van der Waals surface area (Å²) < 4.78 is 1.00. The highest BCUT2D eigenvalue weighted by atomic mass is 79.9. The third-order valence-electron chi connectivity index (χ3n) is 2.05. The van der Waals surface area contributed by atoms with Crippen molar-refractivity contribution in [2.75, 3.05) is 6.54 Å². The number of hydrogen-bond acceptors (Lipinski definition) is 2. The van der Waals surface area contributed by atoms with Gasteiger partial charge in [0.05, 0.1) is 8.66 Å². The van der Waals surface area contributed by atoms with Gasteiger partial charge in [0, 0.05) is 6.54 Å². The molecule has 0 spiro atoms. The van der Waals surface area contributed by atoms with E-state index in [-0.39, 0.29) is 5.91 Å². The second-order valence-corrected chi connectivity index (χ2v) is 5.72. The molecule has 1 amide bonds. The summed E-state index contributed by atoms with van der Waals surface area (Å²) in [5.74, 6) is 0.801. The van der Waals surface area contributed by atoms with Gasteiger partial charge in [-0.2, -0.15) is 0 Å². The normalized spacial score (nSPS) is 15.8. The number of nitrogens with one attached hydrogen (secondary N) is 1. The van der Waals surface area contributed by atoms with Crippen molar-refractivity contribution in [3.63, 3.8) is 0 Å². The van der Waals surface area contributed by atoms with Gasteiger partial charge in [-0.25, -0.2) is 0 Å². The fourth-order valence-corrected chi connectivity index (χ4v) is 2.38. The van der Waals surface area contributed by atoms with Crippen molar-refractivity contribution in [1.82, 2.24) is 5.32 Å². The zero-order chi connectivity index (χ0) is 9.26. The van der Waals surface area contributed by atoms with Crippen molar-refractivity contribution in [2.45, 2.75) is 12.8 Å². The lowest BCUT2D eigenvalue weighted by atomic mass is 10.4. The Hall–Kier alpha value is -0.350. The molecule has 70 valence electrons. The van der Waals surface area contributed by atoms with Crippen LogP contribution in [0.1, 0.15) is 22.5 Å². The zero-order valence-electron chi connectivity index (χ0n) is 7.05. The molecule has 2 rings (SSSR count). The first-order chi connectivity index (χ1) is 6.25. The van der Waals surface area contributed by atoms with E-state index in [0.29, 0.717) is 0 Å². The average Bonchev–Trinajstić information content (AvgIpc) is 2.84. The molecule has 0 aromatic carbocycles. The van der Waals surface area contributed by atoms with Gasteiger partial charge in [0.1, 0.15) is 0 Å². The lowest BCUT2D eigenvalue weighted by Crippen LogP contribution is -2.24. The van der Waals surface area contributed by atoms with Crippen LogP contribution in [0.3, 0.4) is 0 Å². The molecule has 0 bridgehead atoms. The predicted molar refractivity (Wildman–Crippen MR) is 57.1 cm³/mol. The monoisotopic (exact) mass is 259 g/mol. The molecular formula is C9H10BrNOS. The second kappa shape index (κ2) is 3.80. The molecule has 1 aliphatic carbocycles. The smallest absolute Gasteiger partial charge is 0.261 e. The van der Waals surface area contributed by atoms with Gasteiger partial charge in [0.25, 0.3) is 5.91 Å². The SMILES string of the molecule is O=C(NCC1CC1)c1ccc(Br)s1. The summed E-state index contributed by atoms with van der Waals surface area (Å²) >= 11 is 4.80. The molecule has 1 aromatic rings. The molecule has 13 heavy (non-hydrogen) atoms. The fraction of sp³-hybridized carbons (Fsp3) is 0.444. The Morgan fingerprint density at radius 3 is 2.92 bits per heavy atom. The van der Waals surface area contributed by atoms with E-state index in [1.54, 1.807) is 0 Å². The van der Waals surface area contributed by atoms with Crippen LogP contribution in [0.2, 0.25) is 0 Å². The molecule has 0 atom stereocenters. The third kappa shape index (κ3) is 2.54. The van der Waals surface area contributed by atoms with Crippen LogP contribution < -0.4 is 5.32 Å². The summed E-state index contributed by atoms with van der Waals surface area (Å²) in [5.41, 5.74) is 0. The Bertz CT molecular complexity index is 319. The molecule has 2 nitrogen and oxygen atoms in total. The van der Waals surface area contributed by atoms with E-state index in [4.69, 9.17) is 0 Å². The van der Waals surface area contributed by atoms with Crippen LogP contribution in [-0.4, -0.2) is 12.5 Å². The Labute approximate surface area is 89.5 Å². The van der Waals surface area contributed by atoms with E-state index < -0.39 is 0 Å². The van der Waals surface area contributed by atoms with Gasteiger partial charge < -0.3 is 5.32 Å². The molecule has 1 N–H and O–H groups in total. The van der Waals surface area contributed by atoms with Crippen molar-refractivity contribution in [2.24, 2.45) is 5.92 Å². The van der Waals surface area contributed by atoms with Gasteiger partial charge in [0.15, 0.2) is 0 Å². The summed E-state index contributed by atoms with van der Waals surface area (Å²) in [6.45, 7) is 0.842. The summed E-state index contributed by atoms with van der Waals surface area (Å²) in [7, 11) is 0. The number of carbonyl (C=O) groups is 1. The number of rotatable bonds is 3. The molecular weight excluding hydrogens is 250 g/mol. The maximum atomic E-state index is 11.5. The van der Waals surface area contributed by atoms with Crippen molar-refractivity contribution in [1.29, 1.82) is 0 Å². The Balaban J connectivity index is 1.88. The van der Waals surface area contributed by atoms with Crippen LogP contribution in [0.5, 0.6) is 0 Å². The Kier molecular flexibility index (Phi) is 2.69. The lowest BCUT2D eigenvalue weighted by molar-refractivity contribution is 0.0956. The van der Waals surface area contributed by atoms with Crippen LogP contribution >= 0.6 is 27.3 Å². The van der Waals surface area contributed by atoms with E-state index in [9.17, 15) is 4.79 Å². The van der Waals surface area contributed by atoms with E-state index >= 15 is 0 Å². The standard InChI is InChI=1S/C9H10BrNOS/c10-8-4-3-7(13-8)9(12)11-5-6-1-2-6/h3-4,6H,1-2,5H2,(H,11,12). The van der Waals surface area contributed by atoms with Crippen molar-refractivity contribution in [3.05, 3.63) is 20.8 Å². The molecule has 1 aromatic heterocycles. The molecule has 0 radical (unpaired) electrons. The largest absolute Gasteiger partial charge is 0.351 e. The van der Waals surface area contributed by atoms with E-state index in [2.05, 4.69) is 21.2 Å². The van der Waals surface area contributed by atoms with Gasteiger partial charge in [-0.15, -0.1) is 11.3 Å². The number of hydrogen-bond donors (Lipinski definition) is 1. The average molecular weight is 260 g/mol. The minimum atomic E-state index is 0.0580. The maximum Gasteiger partial charge on any atom is 0.261 e. The van der Waals surface area contributed by atoms with Gasteiger partial charge in [-0.1, -0.05) is 0 Å². The quantitative estimate of drug-likeness (QED) is 0.889. The Morgan fingerprint density at radius 2 is 2.38 bits per heavy atom. The number of carbonyl (C=O) groups excluding carboxylic acids is 1. The number of thiophene rings is 1. The number of halogens is 1. The summed E-state index contributed by atoms with van der Waals surface area (Å²) in [6, 6.07) is 3.74. The third-order valence-corrected chi connectivity index (χ3v) is 3.67. The summed E-state index contributed by atoms with van der Waals surface area (Å²) in [4.78, 5) is 12.3. The highest BCUT2D eigenvalue weighted by Crippen LogP contribution is 2.28. The highest BCUT2D eigenvalue weighted by Gasteiger charge is 2.22. The van der Waals surface area contributed by atoms with Crippen LogP contribution in [0.4, 0.5) is 0 Å². The van der Waals surface area contributed by atoms with Crippen LogP contribution in [0, 0.1) is 5.92 Å². The second-order valence-electron chi connectivity index (χ2n) is 3.26. The van der Waals surface area contributed by atoms with Gasteiger partial charge in [0.2, 0.25) is 0 Å². The first kappa shape index (κ1) is 9.21. The molecule has 4 heteroatoms. The van der Waals surface area contributed by atoms with Crippen LogP contribution in [-0.2, 0) is 0 Å². The van der Waals surface area contributed by atoms with Crippen molar-refractivity contribution < 1.29 is 4.79 Å². The van der Waals surface area contributed by atoms with Crippen LogP contribution in [0.25, 0.3) is 0 Å². The van der Waals surface area contributed by atoms with Gasteiger partial charge in [-0.05, 0) is 46.8 Å². The van der Waals surface area contributed by atoms with Crippen molar-refractivity contribution >= 4 is 33.2 Å². The highest BCUT2D eigenvalue weighted by molar-refractivity contribution is 9.11. The molecule has 0 unspecified atom stereocenters. The minimum absolute atomic E-state index is 0.0580. The summed E-state index contributed by atoms with van der Waals surface area (Å²) in [5, 5.41) is 2.92. The first-order valence-corrected chi connectivity index (χ1v) is 5.90. The molecule has 1 fully saturated rings. The van der Waals surface area contributed by atoms with Crippen molar-refractivity contribution in [3.8, 4) is 0 Å². The Morgan fingerprint density at radius 1 is 1.62 bits per heavy atom. The topological polar surface area (TPSA) is 29.1 Å². The lowest BCUT2D eigenvalue weighted by Gasteiger charge is -2.00. The fourth-order valence-electron chi connectivity index (χ4n) is 1.08. The van der Waals surface area contributed by atoms with Gasteiger partial charge in [-0.3, -0.25) is 4.79 Å². The molecule has 1 aliphatic rings. The van der Waals surface area contributed by atoms with Gasteiger partial charge >= 0.3 is 0 Å². The minimum Gasteiger partial charge on any atom is -0.351 e. The van der Waals surface area contributed by atoms with E-state index in [0.717, 1.165) is 21.1 Å². The predicted octanol–water partition coefficient (Wildman–Crippen LogP) is 2.65. The molecule has 0 saturated heterocycles. The molecule has 1 heterocycles. The molecule has 0 aliphatic heterocycles. The first-order valence-electron chi connectivity index (χ1n) is 4.29. The van der Waals surface area contributed by atoms with Crippen LogP contribution in [0.15, 0.2) is 15.9 Å². The maximum absolute atomic E-state index is 11.5. The zero-order valence-corrected chi connectivity index (χ0v) is 9.45.